The van der Waals surface area contributed by atoms with Crippen molar-refractivity contribution < 1.29 is 22.7 Å². The fourth-order valence-electron chi connectivity index (χ4n) is 3.03. The summed E-state index contributed by atoms with van der Waals surface area (Å²) in [5, 5.41) is 11.8. The van der Waals surface area contributed by atoms with Crippen LogP contribution in [0.25, 0.3) is 0 Å². The van der Waals surface area contributed by atoms with Gasteiger partial charge in [-0.25, -0.2) is 8.42 Å². The molecule has 3 aromatic rings. The van der Waals surface area contributed by atoms with Crippen LogP contribution < -0.4 is 19.5 Å². The number of fused-ring (bicyclic) bond motifs is 1. The minimum absolute atomic E-state index is 0.0754. The molecule has 0 aromatic heterocycles. The van der Waals surface area contributed by atoms with Gasteiger partial charge in [-0.3, -0.25) is 9.52 Å². The van der Waals surface area contributed by atoms with Crippen molar-refractivity contribution in [3.8, 4) is 17.6 Å². The highest BCUT2D eigenvalue weighted by Crippen LogP contribution is 2.33. The van der Waals surface area contributed by atoms with E-state index in [0.717, 1.165) is 0 Å². The molecule has 0 unspecified atom stereocenters. The highest BCUT2D eigenvalue weighted by molar-refractivity contribution is 7.92. The van der Waals surface area contributed by atoms with Crippen LogP contribution in [0.1, 0.15) is 15.9 Å². The summed E-state index contributed by atoms with van der Waals surface area (Å²) >= 11 is 0. The van der Waals surface area contributed by atoms with E-state index in [1.54, 1.807) is 30.3 Å². The van der Waals surface area contributed by atoms with Crippen molar-refractivity contribution in [1.29, 1.82) is 5.26 Å². The van der Waals surface area contributed by atoms with Gasteiger partial charge in [-0.15, -0.1) is 0 Å². The van der Waals surface area contributed by atoms with E-state index >= 15 is 0 Å². The first-order valence-electron chi connectivity index (χ1n) is 9.29. The van der Waals surface area contributed by atoms with E-state index in [0.29, 0.717) is 30.4 Å². The van der Waals surface area contributed by atoms with Gasteiger partial charge in [-0.1, -0.05) is 18.2 Å². The van der Waals surface area contributed by atoms with E-state index in [2.05, 4.69) is 10.0 Å². The number of para-hydroxylation sites is 1. The first kappa shape index (κ1) is 20.3. The highest BCUT2D eigenvalue weighted by atomic mass is 32.2. The van der Waals surface area contributed by atoms with Crippen molar-refractivity contribution in [2.75, 3.05) is 23.3 Å². The molecule has 3 aromatic carbocycles. The molecular weight excluding hydrogens is 418 g/mol. The molecule has 0 spiro atoms. The molecule has 1 heterocycles. The quantitative estimate of drug-likeness (QED) is 0.634. The molecule has 0 bridgehead atoms. The molecule has 0 saturated heterocycles. The van der Waals surface area contributed by atoms with Gasteiger partial charge >= 0.3 is 0 Å². The van der Waals surface area contributed by atoms with Crippen molar-refractivity contribution in [2.45, 2.75) is 4.90 Å². The number of benzene rings is 3. The second-order valence-corrected chi connectivity index (χ2v) is 8.29. The summed E-state index contributed by atoms with van der Waals surface area (Å²) in [6.07, 6.45) is 0. The Hall–Kier alpha value is -4.03. The zero-order chi connectivity index (χ0) is 21.8. The topological polar surface area (TPSA) is 118 Å². The lowest BCUT2D eigenvalue weighted by molar-refractivity contribution is 0.102. The maximum absolute atomic E-state index is 12.9. The Morgan fingerprint density at radius 1 is 0.935 bits per heavy atom. The number of rotatable bonds is 5. The average molecular weight is 435 g/mol. The second-order valence-electron chi connectivity index (χ2n) is 6.60. The first-order chi connectivity index (χ1) is 15.0. The lowest BCUT2D eigenvalue weighted by Gasteiger charge is -2.19. The van der Waals surface area contributed by atoms with Crippen LogP contribution in [-0.2, 0) is 10.0 Å². The first-order valence-corrected chi connectivity index (χ1v) is 10.8. The number of nitrogens with zero attached hydrogens (tertiary/aromatic N) is 1. The minimum Gasteiger partial charge on any atom is -0.486 e. The molecule has 1 aliphatic heterocycles. The maximum Gasteiger partial charge on any atom is 0.261 e. The van der Waals surface area contributed by atoms with Crippen LogP contribution in [-0.4, -0.2) is 27.5 Å². The van der Waals surface area contributed by atoms with E-state index in [-0.39, 0.29) is 21.7 Å². The van der Waals surface area contributed by atoms with Crippen LogP contribution in [0, 0.1) is 11.3 Å². The van der Waals surface area contributed by atoms with Crippen molar-refractivity contribution in [3.63, 3.8) is 0 Å². The molecule has 0 radical (unpaired) electrons. The molecule has 0 atom stereocenters. The van der Waals surface area contributed by atoms with Gasteiger partial charge in [0.25, 0.3) is 15.9 Å². The van der Waals surface area contributed by atoms with E-state index in [1.165, 1.54) is 36.4 Å². The van der Waals surface area contributed by atoms with Gasteiger partial charge in [0.1, 0.15) is 13.2 Å². The molecule has 4 rings (SSSR count). The summed E-state index contributed by atoms with van der Waals surface area (Å²) in [4.78, 5) is 12.8. The Kier molecular flexibility index (Phi) is 5.47. The minimum atomic E-state index is -4.00. The van der Waals surface area contributed by atoms with Crippen LogP contribution in [0.5, 0.6) is 11.5 Å². The van der Waals surface area contributed by atoms with Crippen molar-refractivity contribution >= 4 is 27.3 Å². The van der Waals surface area contributed by atoms with Crippen LogP contribution in [0.4, 0.5) is 11.4 Å². The van der Waals surface area contributed by atoms with Gasteiger partial charge in [-0.2, -0.15) is 5.26 Å². The molecule has 0 fully saturated rings. The SMILES string of the molecule is N#Cc1cccc(S(=O)(=O)Nc2ccccc2C(=O)Nc2ccc3c(c2)OCCO3)c1. The number of hydrogen-bond acceptors (Lipinski definition) is 6. The zero-order valence-electron chi connectivity index (χ0n) is 16.2. The predicted molar refractivity (Wildman–Crippen MR) is 114 cm³/mol. The smallest absolute Gasteiger partial charge is 0.261 e. The van der Waals surface area contributed by atoms with E-state index in [1.807, 2.05) is 6.07 Å². The summed E-state index contributed by atoms with van der Waals surface area (Å²) in [6, 6.07) is 18.8. The van der Waals surface area contributed by atoms with Gasteiger partial charge in [-0.05, 0) is 42.5 Å². The van der Waals surface area contributed by atoms with Gasteiger partial charge in [0.15, 0.2) is 11.5 Å². The van der Waals surface area contributed by atoms with Crippen molar-refractivity contribution in [2.24, 2.45) is 0 Å². The zero-order valence-corrected chi connectivity index (χ0v) is 17.0. The third kappa shape index (κ3) is 4.44. The fraction of sp³-hybridized carbons (Fsp3) is 0.0909. The van der Waals surface area contributed by atoms with Crippen LogP contribution in [0.2, 0.25) is 0 Å². The van der Waals surface area contributed by atoms with Crippen LogP contribution in [0.3, 0.4) is 0 Å². The van der Waals surface area contributed by atoms with Crippen LogP contribution >= 0.6 is 0 Å². The fourth-order valence-corrected chi connectivity index (χ4v) is 4.15. The summed E-state index contributed by atoms with van der Waals surface area (Å²) in [5.41, 5.74) is 0.943. The second kappa shape index (κ2) is 8.38. The number of carbonyl (C=O) groups is 1. The van der Waals surface area contributed by atoms with E-state index in [4.69, 9.17) is 14.7 Å². The van der Waals surface area contributed by atoms with E-state index in [9.17, 15) is 13.2 Å². The number of nitrogens with one attached hydrogen (secondary N) is 2. The predicted octanol–water partition coefficient (Wildman–Crippen LogP) is 3.38. The number of carbonyl (C=O) groups excluding carboxylic acids is 1. The number of amides is 1. The Morgan fingerprint density at radius 2 is 1.71 bits per heavy atom. The Morgan fingerprint density at radius 3 is 2.52 bits per heavy atom. The summed E-state index contributed by atoms with van der Waals surface area (Å²) < 4.78 is 39.0. The molecule has 0 saturated carbocycles. The Bertz CT molecular complexity index is 1300. The monoisotopic (exact) mass is 435 g/mol. The molecule has 31 heavy (non-hydrogen) atoms. The summed E-state index contributed by atoms with van der Waals surface area (Å²) in [7, 11) is -4.00. The number of ether oxygens (including phenoxy) is 2. The average Bonchev–Trinajstić information content (AvgIpc) is 2.79. The Balaban J connectivity index is 1.58. The molecule has 8 nitrogen and oxygen atoms in total. The highest BCUT2D eigenvalue weighted by Gasteiger charge is 2.20. The summed E-state index contributed by atoms with van der Waals surface area (Å²) in [5.74, 6) is 0.619. The number of anilines is 2. The Labute approximate surface area is 179 Å². The van der Waals surface area contributed by atoms with Gasteiger partial charge < -0.3 is 14.8 Å². The number of hydrogen-bond donors (Lipinski definition) is 2. The van der Waals surface area contributed by atoms with Gasteiger partial charge in [0, 0.05) is 11.8 Å². The van der Waals surface area contributed by atoms with Crippen molar-refractivity contribution in [3.05, 3.63) is 77.9 Å². The lowest BCUT2D eigenvalue weighted by Crippen LogP contribution is -2.19. The maximum atomic E-state index is 12.9. The largest absolute Gasteiger partial charge is 0.486 e. The molecule has 9 heteroatoms. The summed E-state index contributed by atoms with van der Waals surface area (Å²) in [6.45, 7) is 0.880. The molecular formula is C22H17N3O5S. The number of sulfonamides is 1. The van der Waals surface area contributed by atoms with Crippen molar-refractivity contribution in [1.82, 2.24) is 0 Å². The van der Waals surface area contributed by atoms with Gasteiger partial charge in [0.05, 0.1) is 27.8 Å². The number of nitriles is 1. The molecule has 2 N–H and O–H groups in total. The molecule has 1 aliphatic rings. The standard InChI is InChI=1S/C22H17N3O5S/c23-14-15-4-3-5-17(12-15)31(27,28)25-19-7-2-1-6-18(19)22(26)24-16-8-9-20-21(13-16)30-11-10-29-20/h1-9,12-13,25H,10-11H2,(H,24,26). The van der Waals surface area contributed by atoms with Crippen LogP contribution in [0.15, 0.2) is 71.6 Å². The van der Waals surface area contributed by atoms with Gasteiger partial charge in [0.2, 0.25) is 0 Å². The molecule has 1 amide bonds. The van der Waals surface area contributed by atoms with E-state index < -0.39 is 15.9 Å². The lowest BCUT2D eigenvalue weighted by atomic mass is 10.1. The molecule has 0 aliphatic carbocycles. The third-order valence-corrected chi connectivity index (χ3v) is 5.85. The molecule has 156 valence electrons. The third-order valence-electron chi connectivity index (χ3n) is 4.49. The normalized spacial score (nSPS) is 12.5.